The first kappa shape index (κ1) is 19.4. The number of nitrogens with two attached hydrogens (primary N) is 1. The van der Waals surface area contributed by atoms with Crippen molar-refractivity contribution in [3.63, 3.8) is 0 Å². The zero-order chi connectivity index (χ0) is 17.5. The molecule has 0 aliphatic rings. The van der Waals surface area contributed by atoms with Crippen LogP contribution in [0.15, 0.2) is 34.2 Å². The van der Waals surface area contributed by atoms with Crippen molar-refractivity contribution in [3.05, 3.63) is 29.8 Å². The van der Waals surface area contributed by atoms with Crippen molar-refractivity contribution in [2.45, 2.75) is 51.6 Å². The van der Waals surface area contributed by atoms with E-state index in [1.54, 1.807) is 24.3 Å². The van der Waals surface area contributed by atoms with E-state index >= 15 is 0 Å². The monoisotopic (exact) mass is 340 g/mol. The molecule has 0 aliphatic carbocycles. The Hall–Kier alpha value is -1.60. The van der Waals surface area contributed by atoms with Crippen LogP contribution in [0.5, 0.6) is 0 Å². The maximum Gasteiger partial charge on any atom is 0.240 e. The maximum absolute atomic E-state index is 12.1. The SMILES string of the molecule is CCC(C)NC(N)=NCc1ccc(S(=O)(=O)NCC(C)C)cc1. The Kier molecular flexibility index (Phi) is 7.51. The van der Waals surface area contributed by atoms with Gasteiger partial charge in [-0.15, -0.1) is 0 Å². The number of benzene rings is 1. The number of hydrogen-bond acceptors (Lipinski definition) is 3. The molecule has 0 amide bonds. The van der Waals surface area contributed by atoms with E-state index in [9.17, 15) is 8.42 Å². The van der Waals surface area contributed by atoms with Gasteiger partial charge in [0.15, 0.2) is 5.96 Å². The first-order valence-electron chi connectivity index (χ1n) is 7.89. The molecule has 0 saturated heterocycles. The fourth-order valence-corrected chi connectivity index (χ4v) is 2.92. The molecule has 0 heterocycles. The third kappa shape index (κ3) is 7.00. The van der Waals surface area contributed by atoms with E-state index in [0.717, 1.165) is 12.0 Å². The van der Waals surface area contributed by atoms with Gasteiger partial charge in [-0.2, -0.15) is 0 Å². The smallest absolute Gasteiger partial charge is 0.240 e. The molecular weight excluding hydrogens is 312 g/mol. The number of guanidine groups is 1. The highest BCUT2D eigenvalue weighted by Crippen LogP contribution is 2.11. The molecule has 0 fully saturated rings. The third-order valence-electron chi connectivity index (χ3n) is 3.35. The molecule has 0 aromatic heterocycles. The van der Waals surface area contributed by atoms with E-state index in [1.807, 2.05) is 20.8 Å². The molecule has 0 aliphatic heterocycles. The van der Waals surface area contributed by atoms with E-state index in [4.69, 9.17) is 5.73 Å². The van der Waals surface area contributed by atoms with Crippen molar-refractivity contribution in [1.82, 2.24) is 10.0 Å². The molecule has 4 N–H and O–H groups in total. The van der Waals surface area contributed by atoms with Crippen molar-refractivity contribution < 1.29 is 8.42 Å². The molecule has 6 nitrogen and oxygen atoms in total. The average Bonchev–Trinajstić information content (AvgIpc) is 2.51. The molecule has 0 spiro atoms. The van der Waals surface area contributed by atoms with Gasteiger partial charge in [0.05, 0.1) is 11.4 Å². The van der Waals surface area contributed by atoms with Gasteiger partial charge in [-0.3, -0.25) is 0 Å². The van der Waals surface area contributed by atoms with Gasteiger partial charge in [0.25, 0.3) is 0 Å². The van der Waals surface area contributed by atoms with Crippen LogP contribution in [0.4, 0.5) is 0 Å². The molecule has 0 radical (unpaired) electrons. The molecule has 0 saturated carbocycles. The fraction of sp³-hybridized carbons (Fsp3) is 0.562. The summed E-state index contributed by atoms with van der Waals surface area (Å²) in [6.45, 7) is 8.85. The van der Waals surface area contributed by atoms with Crippen LogP contribution in [0.25, 0.3) is 0 Å². The molecule has 7 heteroatoms. The molecule has 130 valence electrons. The first-order chi connectivity index (χ1) is 10.7. The van der Waals surface area contributed by atoms with Crippen LogP contribution in [0.1, 0.15) is 39.7 Å². The van der Waals surface area contributed by atoms with Crippen LogP contribution in [-0.4, -0.2) is 27.0 Å². The summed E-state index contributed by atoms with van der Waals surface area (Å²) in [5.41, 5.74) is 6.70. The van der Waals surface area contributed by atoms with Gasteiger partial charge in [-0.25, -0.2) is 18.1 Å². The summed E-state index contributed by atoms with van der Waals surface area (Å²) in [6, 6.07) is 6.96. The van der Waals surface area contributed by atoms with Crippen molar-refractivity contribution in [3.8, 4) is 0 Å². The summed E-state index contributed by atoms with van der Waals surface area (Å²) in [5, 5.41) is 3.08. The quantitative estimate of drug-likeness (QED) is 0.497. The lowest BCUT2D eigenvalue weighted by molar-refractivity contribution is 0.560. The minimum atomic E-state index is -3.45. The lowest BCUT2D eigenvalue weighted by Crippen LogP contribution is -2.38. The van der Waals surface area contributed by atoms with Gasteiger partial charge in [0.1, 0.15) is 0 Å². The largest absolute Gasteiger partial charge is 0.370 e. The summed E-state index contributed by atoms with van der Waals surface area (Å²) in [5.74, 6) is 0.661. The summed E-state index contributed by atoms with van der Waals surface area (Å²) in [6.07, 6.45) is 0.964. The summed E-state index contributed by atoms with van der Waals surface area (Å²) in [7, 11) is -3.45. The van der Waals surface area contributed by atoms with Gasteiger partial charge < -0.3 is 11.1 Å². The fourth-order valence-electron chi connectivity index (χ4n) is 1.71. The number of nitrogens with one attached hydrogen (secondary N) is 2. The van der Waals surface area contributed by atoms with Gasteiger partial charge in [-0.1, -0.05) is 32.9 Å². The Morgan fingerprint density at radius 3 is 2.35 bits per heavy atom. The van der Waals surface area contributed by atoms with Gasteiger partial charge in [0, 0.05) is 12.6 Å². The van der Waals surface area contributed by atoms with Gasteiger partial charge >= 0.3 is 0 Å². The lowest BCUT2D eigenvalue weighted by atomic mass is 10.2. The number of rotatable bonds is 8. The molecule has 1 unspecified atom stereocenters. The van der Waals surface area contributed by atoms with Crippen molar-refractivity contribution >= 4 is 16.0 Å². The van der Waals surface area contributed by atoms with E-state index in [2.05, 4.69) is 22.0 Å². The van der Waals surface area contributed by atoms with Crippen LogP contribution in [0, 0.1) is 5.92 Å². The van der Waals surface area contributed by atoms with Crippen LogP contribution in [0.2, 0.25) is 0 Å². The van der Waals surface area contributed by atoms with E-state index in [0.29, 0.717) is 19.0 Å². The average molecular weight is 340 g/mol. The minimum absolute atomic E-state index is 0.261. The van der Waals surface area contributed by atoms with Crippen LogP contribution >= 0.6 is 0 Å². The molecule has 1 rings (SSSR count). The standard InChI is InChI=1S/C16H28N4O2S/c1-5-13(4)20-16(17)18-11-14-6-8-15(9-7-14)23(21,22)19-10-12(2)3/h6-9,12-13,19H,5,10-11H2,1-4H3,(H3,17,18,20). The number of hydrogen-bond donors (Lipinski definition) is 3. The summed E-state index contributed by atoms with van der Waals surface area (Å²) >= 11 is 0. The molecule has 1 aromatic carbocycles. The zero-order valence-electron chi connectivity index (χ0n) is 14.3. The third-order valence-corrected chi connectivity index (χ3v) is 4.79. The molecule has 1 aromatic rings. The Morgan fingerprint density at radius 2 is 1.83 bits per heavy atom. The van der Waals surface area contributed by atoms with E-state index in [-0.39, 0.29) is 16.9 Å². The highest BCUT2D eigenvalue weighted by atomic mass is 32.2. The first-order valence-corrected chi connectivity index (χ1v) is 9.38. The predicted molar refractivity (Wildman–Crippen MR) is 94.7 cm³/mol. The van der Waals surface area contributed by atoms with Crippen LogP contribution in [-0.2, 0) is 16.6 Å². The van der Waals surface area contributed by atoms with Crippen molar-refractivity contribution in [2.75, 3.05) is 6.54 Å². The van der Waals surface area contributed by atoms with Gasteiger partial charge in [0.2, 0.25) is 10.0 Å². The molecular formula is C16H28N4O2S. The van der Waals surface area contributed by atoms with Crippen LogP contribution in [0.3, 0.4) is 0 Å². The molecule has 23 heavy (non-hydrogen) atoms. The van der Waals surface area contributed by atoms with Crippen molar-refractivity contribution in [1.29, 1.82) is 0 Å². The van der Waals surface area contributed by atoms with Gasteiger partial charge in [-0.05, 0) is 37.0 Å². The van der Waals surface area contributed by atoms with Crippen LogP contribution < -0.4 is 15.8 Å². The molecule has 0 bridgehead atoms. The topological polar surface area (TPSA) is 96.6 Å². The lowest BCUT2D eigenvalue weighted by Gasteiger charge is -2.12. The zero-order valence-corrected chi connectivity index (χ0v) is 15.2. The number of sulfonamides is 1. The predicted octanol–water partition coefficient (Wildman–Crippen LogP) is 1.82. The summed E-state index contributed by atoms with van der Waals surface area (Å²) < 4.78 is 26.8. The van der Waals surface area contributed by atoms with E-state index < -0.39 is 10.0 Å². The number of aliphatic imine (C=N–C) groups is 1. The normalized spacial score (nSPS) is 14.0. The van der Waals surface area contributed by atoms with E-state index in [1.165, 1.54) is 0 Å². The Morgan fingerprint density at radius 1 is 1.22 bits per heavy atom. The minimum Gasteiger partial charge on any atom is -0.370 e. The highest BCUT2D eigenvalue weighted by molar-refractivity contribution is 7.89. The molecule has 1 atom stereocenters. The Labute approximate surface area is 139 Å². The summed E-state index contributed by atoms with van der Waals surface area (Å²) in [4.78, 5) is 4.51. The number of nitrogens with zero attached hydrogens (tertiary/aromatic N) is 1. The second-order valence-electron chi connectivity index (χ2n) is 6.04. The Balaban J connectivity index is 2.68. The second-order valence-corrected chi connectivity index (χ2v) is 7.81. The Bertz CT molecular complexity index is 609. The van der Waals surface area contributed by atoms with Crippen molar-refractivity contribution in [2.24, 2.45) is 16.6 Å². The maximum atomic E-state index is 12.1. The second kappa shape index (κ2) is 8.88. The highest BCUT2D eigenvalue weighted by Gasteiger charge is 2.13.